The van der Waals surface area contributed by atoms with Crippen molar-refractivity contribution in [2.75, 3.05) is 6.61 Å². The number of benzene rings is 1. The van der Waals surface area contributed by atoms with Gasteiger partial charge in [-0.1, -0.05) is 24.3 Å². The SMILES string of the molecule is CCOC(=O)C1CC(C(=O)NCc2ccc(F)cc2)N(C(=O)c2cccs2)C1c1cccs1. The fraction of sp³-hybridized carbons (Fsp3) is 0.292. The number of carbonyl (C=O) groups is 3. The van der Waals surface area contributed by atoms with E-state index < -0.39 is 24.0 Å². The van der Waals surface area contributed by atoms with Crippen LogP contribution in [0.1, 0.15) is 39.5 Å². The van der Waals surface area contributed by atoms with E-state index in [-0.39, 0.29) is 37.2 Å². The van der Waals surface area contributed by atoms with Crippen LogP contribution in [0.15, 0.2) is 59.3 Å². The number of rotatable bonds is 7. The number of hydrogen-bond acceptors (Lipinski definition) is 6. The molecule has 1 aliphatic rings. The molecule has 0 spiro atoms. The molecule has 1 saturated heterocycles. The van der Waals surface area contributed by atoms with Gasteiger partial charge in [-0.3, -0.25) is 14.4 Å². The van der Waals surface area contributed by atoms with Crippen molar-refractivity contribution in [3.8, 4) is 0 Å². The van der Waals surface area contributed by atoms with Gasteiger partial charge in [-0.05, 0) is 53.9 Å². The molecule has 3 aromatic rings. The Balaban J connectivity index is 1.65. The second-order valence-electron chi connectivity index (χ2n) is 7.60. The third-order valence-corrected chi connectivity index (χ3v) is 7.37. The molecule has 0 radical (unpaired) electrons. The highest BCUT2D eigenvalue weighted by atomic mass is 32.1. The summed E-state index contributed by atoms with van der Waals surface area (Å²) in [6, 6.07) is 11.6. The van der Waals surface area contributed by atoms with Gasteiger partial charge in [-0.25, -0.2) is 4.39 Å². The van der Waals surface area contributed by atoms with Crippen LogP contribution in [0.4, 0.5) is 4.39 Å². The third kappa shape index (κ3) is 4.99. The molecule has 33 heavy (non-hydrogen) atoms. The maximum Gasteiger partial charge on any atom is 0.311 e. The van der Waals surface area contributed by atoms with Crippen LogP contribution in [0.2, 0.25) is 0 Å². The van der Waals surface area contributed by atoms with Crippen molar-refractivity contribution in [2.45, 2.75) is 32.0 Å². The quantitative estimate of drug-likeness (QED) is 0.503. The number of amides is 2. The summed E-state index contributed by atoms with van der Waals surface area (Å²) in [6.45, 7) is 2.13. The Bertz CT molecular complexity index is 1100. The largest absolute Gasteiger partial charge is 0.466 e. The first-order valence-corrected chi connectivity index (χ1v) is 12.3. The zero-order valence-electron chi connectivity index (χ0n) is 17.9. The van der Waals surface area contributed by atoms with Crippen LogP contribution < -0.4 is 5.32 Å². The molecule has 3 heterocycles. The summed E-state index contributed by atoms with van der Waals surface area (Å²) in [5.74, 6) is -2.10. The highest BCUT2D eigenvalue weighted by Gasteiger charge is 2.51. The van der Waals surface area contributed by atoms with Gasteiger partial charge in [-0.2, -0.15) is 0 Å². The van der Waals surface area contributed by atoms with Crippen molar-refractivity contribution in [2.24, 2.45) is 5.92 Å². The Kier molecular flexibility index (Phi) is 7.20. The van der Waals surface area contributed by atoms with E-state index in [4.69, 9.17) is 4.74 Å². The molecule has 0 saturated carbocycles. The number of ether oxygens (including phenoxy) is 1. The molecule has 0 bridgehead atoms. The molecule has 3 atom stereocenters. The molecule has 6 nitrogen and oxygen atoms in total. The Morgan fingerprint density at radius 2 is 1.82 bits per heavy atom. The van der Waals surface area contributed by atoms with E-state index in [9.17, 15) is 18.8 Å². The zero-order chi connectivity index (χ0) is 23.4. The van der Waals surface area contributed by atoms with Crippen molar-refractivity contribution in [3.05, 3.63) is 80.4 Å². The number of nitrogens with zero attached hydrogens (tertiary/aromatic N) is 1. The Hall–Kier alpha value is -3.04. The number of carbonyl (C=O) groups excluding carboxylic acids is 3. The van der Waals surface area contributed by atoms with Crippen LogP contribution in [0.25, 0.3) is 0 Å². The third-order valence-electron chi connectivity index (χ3n) is 5.57. The minimum Gasteiger partial charge on any atom is -0.466 e. The molecule has 1 aromatic carbocycles. The Morgan fingerprint density at radius 1 is 1.09 bits per heavy atom. The topological polar surface area (TPSA) is 75.7 Å². The summed E-state index contributed by atoms with van der Waals surface area (Å²) < 4.78 is 18.5. The van der Waals surface area contributed by atoms with Crippen molar-refractivity contribution < 1.29 is 23.5 Å². The minimum absolute atomic E-state index is 0.160. The van der Waals surface area contributed by atoms with Gasteiger partial charge in [0.15, 0.2) is 0 Å². The molecule has 1 aliphatic heterocycles. The lowest BCUT2D eigenvalue weighted by atomic mass is 9.97. The molecular formula is C24H23FN2O4S2. The minimum atomic E-state index is -0.846. The van der Waals surface area contributed by atoms with Gasteiger partial charge in [0, 0.05) is 11.4 Å². The van der Waals surface area contributed by atoms with E-state index in [1.54, 1.807) is 36.6 Å². The predicted octanol–water partition coefficient (Wildman–Crippen LogP) is 4.40. The zero-order valence-corrected chi connectivity index (χ0v) is 19.5. The van der Waals surface area contributed by atoms with Crippen LogP contribution in [-0.2, 0) is 20.9 Å². The first-order valence-electron chi connectivity index (χ1n) is 10.6. The molecule has 9 heteroatoms. The van der Waals surface area contributed by atoms with Crippen LogP contribution in [-0.4, -0.2) is 35.3 Å². The smallest absolute Gasteiger partial charge is 0.311 e. The van der Waals surface area contributed by atoms with Gasteiger partial charge in [-0.15, -0.1) is 22.7 Å². The lowest BCUT2D eigenvalue weighted by Gasteiger charge is -2.30. The van der Waals surface area contributed by atoms with Gasteiger partial charge >= 0.3 is 5.97 Å². The monoisotopic (exact) mass is 486 g/mol. The summed E-state index contributed by atoms with van der Waals surface area (Å²) in [6.07, 6.45) is 0.160. The number of halogens is 1. The van der Waals surface area contributed by atoms with Crippen molar-refractivity contribution in [3.63, 3.8) is 0 Å². The van der Waals surface area contributed by atoms with E-state index in [0.717, 1.165) is 10.4 Å². The fourth-order valence-electron chi connectivity index (χ4n) is 4.08. The standard InChI is InChI=1S/C24H23FN2O4S2/c1-2-31-24(30)17-13-18(22(28)26-14-15-7-9-16(25)10-8-15)27(21(17)19-5-3-11-32-19)23(29)20-6-4-12-33-20/h3-12,17-18,21H,2,13-14H2,1H3,(H,26,28). The van der Waals surface area contributed by atoms with Crippen LogP contribution in [0.3, 0.4) is 0 Å². The molecule has 4 rings (SSSR count). The van der Waals surface area contributed by atoms with E-state index in [1.165, 1.54) is 39.7 Å². The van der Waals surface area contributed by atoms with Crippen LogP contribution >= 0.6 is 22.7 Å². The predicted molar refractivity (Wildman–Crippen MR) is 124 cm³/mol. The normalized spacial score (nSPS) is 19.9. The summed E-state index contributed by atoms with van der Waals surface area (Å²) >= 11 is 2.73. The number of hydrogen-bond donors (Lipinski definition) is 1. The Morgan fingerprint density at radius 3 is 2.45 bits per heavy atom. The van der Waals surface area contributed by atoms with Crippen LogP contribution in [0.5, 0.6) is 0 Å². The second kappa shape index (κ2) is 10.3. The van der Waals surface area contributed by atoms with Gasteiger partial charge in [0.05, 0.1) is 23.4 Å². The summed E-state index contributed by atoms with van der Waals surface area (Å²) in [5.41, 5.74) is 0.732. The van der Waals surface area contributed by atoms with E-state index in [2.05, 4.69) is 5.32 Å². The average Bonchev–Trinajstić information content (AvgIpc) is 3.58. The average molecular weight is 487 g/mol. The molecular weight excluding hydrogens is 463 g/mol. The van der Waals surface area contributed by atoms with Crippen molar-refractivity contribution >= 4 is 40.5 Å². The molecule has 2 amide bonds. The number of esters is 1. The summed E-state index contributed by atoms with van der Waals surface area (Å²) in [5, 5.41) is 6.53. The first kappa shape index (κ1) is 23.1. The van der Waals surface area contributed by atoms with Crippen molar-refractivity contribution in [1.82, 2.24) is 10.2 Å². The molecule has 1 N–H and O–H groups in total. The summed E-state index contributed by atoms with van der Waals surface area (Å²) in [4.78, 5) is 42.5. The molecule has 172 valence electrons. The van der Waals surface area contributed by atoms with Gasteiger partial charge < -0.3 is 15.0 Å². The maximum absolute atomic E-state index is 13.5. The first-order chi connectivity index (χ1) is 16.0. The Labute approximate surface area is 199 Å². The van der Waals surface area contributed by atoms with Gasteiger partial charge in [0.1, 0.15) is 11.9 Å². The van der Waals surface area contributed by atoms with Gasteiger partial charge in [0.2, 0.25) is 5.91 Å². The second-order valence-corrected chi connectivity index (χ2v) is 9.53. The molecule has 2 aromatic heterocycles. The molecule has 3 unspecified atom stereocenters. The van der Waals surface area contributed by atoms with E-state index in [0.29, 0.717) is 4.88 Å². The number of likely N-dealkylation sites (tertiary alicyclic amines) is 1. The molecule has 0 aliphatic carbocycles. The number of nitrogens with one attached hydrogen (secondary N) is 1. The lowest BCUT2D eigenvalue weighted by Crippen LogP contribution is -2.46. The molecule has 1 fully saturated rings. The fourth-order valence-corrected chi connectivity index (χ4v) is 5.63. The van der Waals surface area contributed by atoms with Gasteiger partial charge in [0.25, 0.3) is 5.91 Å². The maximum atomic E-state index is 13.5. The van der Waals surface area contributed by atoms with E-state index in [1.807, 2.05) is 17.5 Å². The van der Waals surface area contributed by atoms with Crippen LogP contribution in [0, 0.1) is 11.7 Å². The number of thiophene rings is 2. The lowest BCUT2D eigenvalue weighted by molar-refractivity contribution is -0.148. The highest BCUT2D eigenvalue weighted by Crippen LogP contribution is 2.44. The van der Waals surface area contributed by atoms with Crippen molar-refractivity contribution in [1.29, 1.82) is 0 Å². The summed E-state index contributed by atoms with van der Waals surface area (Å²) in [7, 11) is 0. The highest BCUT2D eigenvalue weighted by molar-refractivity contribution is 7.12. The van der Waals surface area contributed by atoms with E-state index >= 15 is 0 Å².